The molecule has 160 valence electrons. The Morgan fingerprint density at radius 2 is 2.13 bits per heavy atom. The van der Waals surface area contributed by atoms with Crippen LogP contribution < -0.4 is 10.1 Å². The van der Waals surface area contributed by atoms with Crippen LogP contribution in [0, 0.1) is 6.92 Å². The van der Waals surface area contributed by atoms with Crippen LogP contribution in [0.3, 0.4) is 0 Å². The second-order valence-electron chi connectivity index (χ2n) is 8.25. The monoisotopic (exact) mass is 409 g/mol. The van der Waals surface area contributed by atoms with Gasteiger partial charge in [0.2, 0.25) is 5.91 Å². The first-order valence-corrected chi connectivity index (χ1v) is 10.7. The Hall–Kier alpha value is -2.67. The molecule has 1 aromatic carbocycles. The maximum absolute atomic E-state index is 12.0. The largest absolute Gasteiger partial charge is 0.496 e. The molecule has 1 amide bonds. The molecule has 1 fully saturated rings. The van der Waals surface area contributed by atoms with E-state index in [1.165, 1.54) is 16.7 Å². The summed E-state index contributed by atoms with van der Waals surface area (Å²) in [5.74, 6) is 2.69. The number of aromatic nitrogens is 2. The zero-order chi connectivity index (χ0) is 21.3. The third kappa shape index (κ3) is 3.99. The maximum atomic E-state index is 12.0. The molecule has 2 aromatic rings. The lowest BCUT2D eigenvalue weighted by Gasteiger charge is -2.31. The maximum Gasteiger partial charge on any atom is 0.220 e. The second-order valence-corrected chi connectivity index (χ2v) is 8.25. The van der Waals surface area contributed by atoms with E-state index in [4.69, 9.17) is 14.7 Å². The average Bonchev–Trinajstić information content (AvgIpc) is 3.24. The summed E-state index contributed by atoms with van der Waals surface area (Å²) in [7, 11) is 3.64. The fourth-order valence-corrected chi connectivity index (χ4v) is 4.63. The number of amides is 1. The summed E-state index contributed by atoms with van der Waals surface area (Å²) < 4.78 is 5.59. The zero-order valence-electron chi connectivity index (χ0n) is 18.4. The summed E-state index contributed by atoms with van der Waals surface area (Å²) in [5.41, 5.74) is 4.65. The summed E-state index contributed by atoms with van der Waals surface area (Å²) in [5, 5.41) is 3.26. The standard InChI is InChI=1S/C23H31N5O2/c1-15-7-8-17(21(12-15)30-4)13-27-11-9-18-19(14-27)25-23(26-22(18)24-3)20-6-5-10-28(20)16(2)29/h7-8,12,20H,5-6,9-11,13-14H2,1-4H3,(H,24,25,26)/t20-/m1/s1. The van der Waals surface area contributed by atoms with Gasteiger partial charge in [-0.3, -0.25) is 9.69 Å². The zero-order valence-corrected chi connectivity index (χ0v) is 18.4. The molecule has 0 bridgehead atoms. The van der Waals surface area contributed by atoms with Crippen molar-refractivity contribution in [2.45, 2.75) is 52.2 Å². The predicted octanol–water partition coefficient (Wildman–Crippen LogP) is 3.08. The number of methoxy groups -OCH3 is 1. The molecule has 0 radical (unpaired) electrons. The first kappa shape index (κ1) is 20.6. The number of carbonyl (C=O) groups excluding carboxylic acids is 1. The van der Waals surface area contributed by atoms with Gasteiger partial charge < -0.3 is 15.0 Å². The Morgan fingerprint density at radius 1 is 1.30 bits per heavy atom. The van der Waals surface area contributed by atoms with Gasteiger partial charge >= 0.3 is 0 Å². The lowest BCUT2D eigenvalue weighted by molar-refractivity contribution is -0.129. The smallest absolute Gasteiger partial charge is 0.220 e. The molecule has 2 aliphatic heterocycles. The predicted molar refractivity (Wildman–Crippen MR) is 116 cm³/mol. The van der Waals surface area contributed by atoms with Crippen molar-refractivity contribution in [3.8, 4) is 5.75 Å². The third-order valence-corrected chi connectivity index (χ3v) is 6.19. The molecule has 1 saturated heterocycles. The van der Waals surface area contributed by atoms with Crippen molar-refractivity contribution in [2.24, 2.45) is 0 Å². The number of rotatable bonds is 5. The molecule has 7 heteroatoms. The van der Waals surface area contributed by atoms with E-state index in [0.717, 1.165) is 68.5 Å². The van der Waals surface area contributed by atoms with E-state index < -0.39 is 0 Å². The van der Waals surface area contributed by atoms with Gasteiger partial charge in [0.05, 0.1) is 18.8 Å². The summed E-state index contributed by atoms with van der Waals surface area (Å²) in [6, 6.07) is 6.35. The molecule has 0 aliphatic carbocycles. The minimum absolute atomic E-state index is 0.0209. The topological polar surface area (TPSA) is 70.6 Å². The van der Waals surface area contributed by atoms with Crippen LogP contribution in [0.25, 0.3) is 0 Å². The van der Waals surface area contributed by atoms with E-state index in [2.05, 4.69) is 35.3 Å². The number of aryl methyl sites for hydroxylation is 1. The highest BCUT2D eigenvalue weighted by Gasteiger charge is 2.32. The average molecular weight is 410 g/mol. The van der Waals surface area contributed by atoms with Gasteiger partial charge in [-0.25, -0.2) is 9.97 Å². The molecule has 2 aliphatic rings. The summed E-state index contributed by atoms with van der Waals surface area (Å²) >= 11 is 0. The molecule has 0 unspecified atom stereocenters. The Balaban J connectivity index is 1.60. The summed E-state index contributed by atoms with van der Waals surface area (Å²) in [6.07, 6.45) is 2.83. The fraction of sp³-hybridized carbons (Fsp3) is 0.522. The van der Waals surface area contributed by atoms with Gasteiger partial charge in [0.25, 0.3) is 0 Å². The van der Waals surface area contributed by atoms with Crippen molar-refractivity contribution in [1.82, 2.24) is 19.8 Å². The van der Waals surface area contributed by atoms with Crippen molar-refractivity contribution in [3.63, 3.8) is 0 Å². The Kier molecular flexibility index (Phi) is 5.90. The molecule has 1 aromatic heterocycles. The van der Waals surface area contributed by atoms with Crippen LogP contribution in [-0.2, 0) is 24.3 Å². The Morgan fingerprint density at radius 3 is 2.87 bits per heavy atom. The van der Waals surface area contributed by atoms with Crippen molar-refractivity contribution in [2.75, 3.05) is 32.6 Å². The van der Waals surface area contributed by atoms with E-state index in [0.29, 0.717) is 0 Å². The molecule has 30 heavy (non-hydrogen) atoms. The van der Waals surface area contributed by atoms with Gasteiger partial charge in [0.15, 0.2) is 5.82 Å². The number of nitrogens with one attached hydrogen (secondary N) is 1. The first-order valence-electron chi connectivity index (χ1n) is 10.7. The minimum Gasteiger partial charge on any atom is -0.496 e. The van der Waals surface area contributed by atoms with Gasteiger partial charge in [-0.2, -0.15) is 0 Å². The molecular formula is C23H31N5O2. The number of likely N-dealkylation sites (tertiary alicyclic amines) is 1. The lowest BCUT2D eigenvalue weighted by atomic mass is 10.0. The van der Waals surface area contributed by atoms with Gasteiger partial charge in [0, 0.05) is 51.3 Å². The quantitative estimate of drug-likeness (QED) is 0.818. The fourth-order valence-electron chi connectivity index (χ4n) is 4.63. The Labute approximate surface area is 178 Å². The first-order chi connectivity index (χ1) is 14.5. The molecule has 7 nitrogen and oxygen atoms in total. The summed E-state index contributed by atoms with van der Waals surface area (Å²) in [4.78, 5) is 26.1. The normalized spacial score (nSPS) is 18.9. The lowest BCUT2D eigenvalue weighted by Crippen LogP contribution is -2.34. The van der Waals surface area contributed by atoms with E-state index in [9.17, 15) is 4.79 Å². The van der Waals surface area contributed by atoms with Gasteiger partial charge in [-0.1, -0.05) is 12.1 Å². The highest BCUT2D eigenvalue weighted by molar-refractivity contribution is 5.74. The van der Waals surface area contributed by atoms with Crippen LogP contribution in [0.5, 0.6) is 5.75 Å². The number of anilines is 1. The minimum atomic E-state index is -0.0209. The van der Waals surface area contributed by atoms with Crippen molar-refractivity contribution in [3.05, 3.63) is 46.4 Å². The molecule has 0 spiro atoms. The molecule has 0 saturated carbocycles. The van der Waals surface area contributed by atoms with Crippen LogP contribution >= 0.6 is 0 Å². The van der Waals surface area contributed by atoms with Crippen LogP contribution in [0.4, 0.5) is 5.82 Å². The van der Waals surface area contributed by atoms with E-state index in [-0.39, 0.29) is 11.9 Å². The van der Waals surface area contributed by atoms with Crippen molar-refractivity contribution >= 4 is 11.7 Å². The van der Waals surface area contributed by atoms with E-state index >= 15 is 0 Å². The van der Waals surface area contributed by atoms with Crippen molar-refractivity contribution in [1.29, 1.82) is 0 Å². The van der Waals surface area contributed by atoms with Crippen LogP contribution in [0.15, 0.2) is 18.2 Å². The SMILES string of the molecule is CNc1nc([C@H]2CCCN2C(C)=O)nc2c1CCN(Cc1ccc(C)cc1OC)C2. The number of carbonyl (C=O) groups is 1. The number of nitrogens with zero attached hydrogens (tertiary/aromatic N) is 4. The van der Waals surface area contributed by atoms with E-state index in [1.54, 1.807) is 14.0 Å². The molecule has 1 atom stereocenters. The van der Waals surface area contributed by atoms with Crippen LogP contribution in [-0.4, -0.2) is 52.9 Å². The molecule has 3 heterocycles. The molecule has 1 N–H and O–H groups in total. The van der Waals surface area contributed by atoms with Crippen molar-refractivity contribution < 1.29 is 9.53 Å². The number of fused-ring (bicyclic) bond motifs is 1. The highest BCUT2D eigenvalue weighted by atomic mass is 16.5. The second kappa shape index (κ2) is 8.60. The van der Waals surface area contributed by atoms with Gasteiger partial charge in [-0.15, -0.1) is 0 Å². The molecular weight excluding hydrogens is 378 g/mol. The number of hydrogen-bond donors (Lipinski definition) is 1. The van der Waals surface area contributed by atoms with Crippen LogP contribution in [0.1, 0.15) is 54.0 Å². The summed E-state index contributed by atoms with van der Waals surface area (Å²) in [6.45, 7) is 7.03. The van der Waals surface area contributed by atoms with Crippen LogP contribution in [0.2, 0.25) is 0 Å². The van der Waals surface area contributed by atoms with Gasteiger partial charge in [-0.05, 0) is 37.8 Å². The number of ether oxygens (including phenoxy) is 1. The molecule has 4 rings (SSSR count). The number of hydrogen-bond acceptors (Lipinski definition) is 6. The highest BCUT2D eigenvalue weighted by Crippen LogP contribution is 2.33. The van der Waals surface area contributed by atoms with Gasteiger partial charge in [0.1, 0.15) is 11.6 Å². The van der Waals surface area contributed by atoms with E-state index in [1.807, 2.05) is 11.9 Å². The third-order valence-electron chi connectivity index (χ3n) is 6.19. The number of benzene rings is 1. The Bertz CT molecular complexity index is 945.